The van der Waals surface area contributed by atoms with Gasteiger partial charge in [0.2, 0.25) is 0 Å². The molecule has 0 fully saturated rings. The van der Waals surface area contributed by atoms with Crippen LogP contribution < -0.4 is 10.1 Å². The largest absolute Gasteiger partial charge is 0.494 e. The highest BCUT2D eigenvalue weighted by atomic mass is 16.5. The summed E-state index contributed by atoms with van der Waals surface area (Å²) in [5.74, 6) is 0.944. The fraction of sp³-hybridized carbons (Fsp3) is 0.647. The van der Waals surface area contributed by atoms with E-state index in [-0.39, 0.29) is 0 Å². The Morgan fingerprint density at radius 3 is 2.43 bits per heavy atom. The van der Waals surface area contributed by atoms with Gasteiger partial charge in [0.15, 0.2) is 0 Å². The number of hydrogen-bond acceptors (Lipinski definition) is 4. The Morgan fingerprint density at radius 1 is 1.10 bits per heavy atom. The maximum atomic E-state index is 5.59. The van der Waals surface area contributed by atoms with Crippen LogP contribution in [0.25, 0.3) is 0 Å². The molecule has 0 spiro atoms. The summed E-state index contributed by atoms with van der Waals surface area (Å²) >= 11 is 0. The average Bonchev–Trinajstić information content (AvgIpc) is 2.48. The number of hydrogen-bond donors (Lipinski definition) is 1. The van der Waals surface area contributed by atoms with E-state index in [1.54, 1.807) is 0 Å². The average molecular weight is 294 g/mol. The Hall–Kier alpha value is -1.10. The Bertz CT molecular complexity index is 366. The van der Waals surface area contributed by atoms with Crippen LogP contribution in [0.1, 0.15) is 31.9 Å². The zero-order valence-electron chi connectivity index (χ0n) is 13.9. The molecular weight excluding hydrogens is 264 g/mol. The van der Waals surface area contributed by atoms with Gasteiger partial charge in [-0.15, -0.1) is 0 Å². The van der Waals surface area contributed by atoms with Crippen molar-refractivity contribution in [2.45, 2.75) is 26.3 Å². The molecule has 1 unspecified atom stereocenters. The molecule has 0 aromatic heterocycles. The lowest BCUT2D eigenvalue weighted by Crippen LogP contribution is -2.25. The molecule has 1 rings (SSSR count). The zero-order chi connectivity index (χ0) is 15.5. The van der Waals surface area contributed by atoms with Crippen LogP contribution in [-0.4, -0.2) is 51.9 Å². The standard InChI is InChI=1S/C17H30N2O2/c1-5-12-21-17-8-6-16(7-9-17)15(2)18-10-13-20-14-11-19(3)4/h6-9,15,18H,5,10-14H2,1-4H3. The van der Waals surface area contributed by atoms with Crippen molar-refractivity contribution in [1.82, 2.24) is 10.2 Å². The van der Waals surface area contributed by atoms with Crippen molar-refractivity contribution in [3.63, 3.8) is 0 Å². The molecule has 0 amide bonds. The van der Waals surface area contributed by atoms with Gasteiger partial charge in [-0.1, -0.05) is 19.1 Å². The zero-order valence-corrected chi connectivity index (χ0v) is 13.9. The van der Waals surface area contributed by atoms with Crippen LogP contribution in [-0.2, 0) is 4.74 Å². The van der Waals surface area contributed by atoms with Crippen molar-refractivity contribution in [3.8, 4) is 5.75 Å². The molecule has 1 atom stereocenters. The molecule has 0 aliphatic rings. The summed E-state index contributed by atoms with van der Waals surface area (Å²) in [4.78, 5) is 2.12. The summed E-state index contributed by atoms with van der Waals surface area (Å²) in [6.07, 6.45) is 1.04. The minimum absolute atomic E-state index is 0.322. The maximum Gasteiger partial charge on any atom is 0.119 e. The third-order valence-electron chi connectivity index (χ3n) is 3.23. The van der Waals surface area contributed by atoms with E-state index in [0.717, 1.165) is 45.1 Å². The van der Waals surface area contributed by atoms with Crippen LogP contribution in [0.3, 0.4) is 0 Å². The molecule has 1 aromatic carbocycles. The highest BCUT2D eigenvalue weighted by molar-refractivity contribution is 5.28. The molecule has 1 N–H and O–H groups in total. The van der Waals surface area contributed by atoms with Gasteiger partial charge >= 0.3 is 0 Å². The Balaban J connectivity index is 2.20. The number of ether oxygens (including phenoxy) is 2. The monoisotopic (exact) mass is 294 g/mol. The summed E-state index contributed by atoms with van der Waals surface area (Å²) in [6.45, 7) is 8.42. The number of nitrogens with zero attached hydrogens (tertiary/aromatic N) is 1. The lowest BCUT2D eigenvalue weighted by molar-refractivity contribution is 0.118. The van der Waals surface area contributed by atoms with E-state index in [0.29, 0.717) is 6.04 Å². The maximum absolute atomic E-state index is 5.59. The van der Waals surface area contributed by atoms with Crippen molar-refractivity contribution in [2.24, 2.45) is 0 Å². The fourth-order valence-corrected chi connectivity index (χ4v) is 1.89. The molecule has 120 valence electrons. The molecule has 0 heterocycles. The van der Waals surface area contributed by atoms with Gasteiger partial charge in [-0.05, 0) is 45.1 Å². The van der Waals surface area contributed by atoms with Crippen LogP contribution >= 0.6 is 0 Å². The summed E-state index contributed by atoms with van der Waals surface area (Å²) in [5, 5.41) is 3.47. The van der Waals surface area contributed by atoms with Crippen molar-refractivity contribution < 1.29 is 9.47 Å². The van der Waals surface area contributed by atoms with Gasteiger partial charge in [0.1, 0.15) is 5.75 Å². The van der Waals surface area contributed by atoms with Crippen LogP contribution in [0.2, 0.25) is 0 Å². The predicted molar refractivity (Wildman–Crippen MR) is 88.0 cm³/mol. The minimum Gasteiger partial charge on any atom is -0.494 e. The summed E-state index contributed by atoms with van der Waals surface area (Å²) < 4.78 is 11.2. The van der Waals surface area contributed by atoms with Crippen LogP contribution in [0.5, 0.6) is 5.75 Å². The van der Waals surface area contributed by atoms with Crippen LogP contribution in [0.15, 0.2) is 24.3 Å². The smallest absolute Gasteiger partial charge is 0.119 e. The molecule has 0 radical (unpaired) electrons. The molecule has 0 aliphatic heterocycles. The molecule has 1 aromatic rings. The van der Waals surface area contributed by atoms with Crippen LogP contribution in [0, 0.1) is 0 Å². The van der Waals surface area contributed by atoms with Gasteiger partial charge in [0, 0.05) is 19.1 Å². The third-order valence-corrected chi connectivity index (χ3v) is 3.23. The second-order valence-electron chi connectivity index (χ2n) is 5.51. The molecular formula is C17H30N2O2. The quantitative estimate of drug-likeness (QED) is 0.636. The van der Waals surface area contributed by atoms with Crippen molar-refractivity contribution in [1.29, 1.82) is 0 Å². The molecule has 0 bridgehead atoms. The van der Waals surface area contributed by atoms with E-state index in [9.17, 15) is 0 Å². The lowest BCUT2D eigenvalue weighted by Gasteiger charge is -2.15. The van der Waals surface area contributed by atoms with E-state index in [1.807, 2.05) is 12.1 Å². The van der Waals surface area contributed by atoms with E-state index < -0.39 is 0 Å². The SMILES string of the molecule is CCCOc1ccc(C(C)NCCOCCN(C)C)cc1. The molecule has 4 nitrogen and oxygen atoms in total. The fourth-order valence-electron chi connectivity index (χ4n) is 1.89. The molecule has 21 heavy (non-hydrogen) atoms. The van der Waals surface area contributed by atoms with Gasteiger partial charge in [-0.3, -0.25) is 0 Å². The lowest BCUT2D eigenvalue weighted by atomic mass is 10.1. The van der Waals surface area contributed by atoms with Crippen molar-refractivity contribution >= 4 is 0 Å². The molecule has 0 saturated heterocycles. The Morgan fingerprint density at radius 2 is 1.81 bits per heavy atom. The van der Waals surface area contributed by atoms with E-state index in [4.69, 9.17) is 9.47 Å². The van der Waals surface area contributed by atoms with Gasteiger partial charge in [0.25, 0.3) is 0 Å². The highest BCUT2D eigenvalue weighted by Gasteiger charge is 2.04. The van der Waals surface area contributed by atoms with Crippen molar-refractivity contribution in [2.75, 3.05) is 47.0 Å². The minimum atomic E-state index is 0.322. The normalized spacial score (nSPS) is 12.6. The first kappa shape index (κ1) is 18.0. The first-order valence-corrected chi connectivity index (χ1v) is 7.82. The first-order chi connectivity index (χ1) is 10.1. The molecule has 4 heteroatoms. The van der Waals surface area contributed by atoms with Crippen molar-refractivity contribution in [3.05, 3.63) is 29.8 Å². The van der Waals surface area contributed by atoms with E-state index >= 15 is 0 Å². The Kier molecular flexibility index (Phi) is 9.06. The summed E-state index contributed by atoms with van der Waals surface area (Å²) in [7, 11) is 4.11. The van der Waals surface area contributed by atoms with Gasteiger partial charge in [0.05, 0.1) is 19.8 Å². The summed E-state index contributed by atoms with van der Waals surface area (Å²) in [5.41, 5.74) is 1.27. The van der Waals surface area contributed by atoms with Gasteiger partial charge in [-0.2, -0.15) is 0 Å². The second kappa shape index (κ2) is 10.6. The van der Waals surface area contributed by atoms with Gasteiger partial charge < -0.3 is 19.7 Å². The number of likely N-dealkylation sites (N-methyl/N-ethyl adjacent to an activating group) is 1. The van der Waals surface area contributed by atoms with Crippen LogP contribution in [0.4, 0.5) is 0 Å². The number of nitrogens with one attached hydrogen (secondary N) is 1. The Labute approximate surface area is 129 Å². The number of benzene rings is 1. The highest BCUT2D eigenvalue weighted by Crippen LogP contribution is 2.17. The first-order valence-electron chi connectivity index (χ1n) is 7.82. The van der Waals surface area contributed by atoms with E-state index in [1.165, 1.54) is 5.56 Å². The van der Waals surface area contributed by atoms with E-state index in [2.05, 4.69) is 50.3 Å². The third kappa shape index (κ3) is 8.05. The summed E-state index contributed by atoms with van der Waals surface area (Å²) in [6, 6.07) is 8.64. The molecule has 0 saturated carbocycles. The van der Waals surface area contributed by atoms with Gasteiger partial charge in [-0.25, -0.2) is 0 Å². The number of rotatable bonds is 11. The second-order valence-corrected chi connectivity index (χ2v) is 5.51. The topological polar surface area (TPSA) is 33.7 Å². The molecule has 0 aliphatic carbocycles. The predicted octanol–water partition coefficient (Wildman–Crippen LogP) is 2.70.